The Bertz CT molecular complexity index is 1260. The van der Waals surface area contributed by atoms with E-state index < -0.39 is 35.0 Å². The lowest BCUT2D eigenvalue weighted by Gasteiger charge is -2.37. The fraction of sp³-hybridized carbons (Fsp3) is 0.500. The molecule has 0 aliphatic carbocycles. The second-order valence-electron chi connectivity index (χ2n) is 11.0. The fourth-order valence-electron chi connectivity index (χ4n) is 7.01. The SMILES string of the molecule is C=CCN(C(=O)C1N(CCCCCCO)C(=O)[C@@H]2[C@@H](C(=O)O)[C@@]3(C)CCC12O3)c1ccc2ccccc2c1. The Labute approximate surface area is 222 Å². The molecule has 3 fully saturated rings. The van der Waals surface area contributed by atoms with E-state index in [0.717, 1.165) is 23.6 Å². The molecular formula is C30H36N2O6. The first kappa shape index (κ1) is 26.4. The minimum Gasteiger partial charge on any atom is -0.481 e. The number of likely N-dealkylation sites (tertiary alicyclic amines) is 1. The van der Waals surface area contributed by atoms with Crippen LogP contribution in [0.25, 0.3) is 10.8 Å². The highest BCUT2D eigenvalue weighted by Crippen LogP contribution is 2.63. The molecule has 3 aliphatic rings. The van der Waals surface area contributed by atoms with E-state index in [9.17, 15) is 19.5 Å². The minimum absolute atomic E-state index is 0.115. The summed E-state index contributed by atoms with van der Waals surface area (Å²) in [4.78, 5) is 44.0. The number of aliphatic hydroxyl groups excluding tert-OH is 1. The molecule has 0 aromatic heterocycles. The third-order valence-corrected chi connectivity index (χ3v) is 8.71. The second-order valence-corrected chi connectivity index (χ2v) is 11.0. The molecule has 38 heavy (non-hydrogen) atoms. The Morgan fingerprint density at radius 1 is 1.13 bits per heavy atom. The average Bonchev–Trinajstić information content (AvgIpc) is 3.47. The number of carboxylic acid groups (broad SMARTS) is 1. The Balaban J connectivity index is 1.54. The summed E-state index contributed by atoms with van der Waals surface area (Å²) in [5.41, 5.74) is -1.46. The van der Waals surface area contributed by atoms with Gasteiger partial charge in [-0.1, -0.05) is 49.2 Å². The lowest BCUT2D eigenvalue weighted by atomic mass is 9.66. The molecule has 8 heteroatoms. The quantitative estimate of drug-likeness (QED) is 0.345. The number of anilines is 1. The van der Waals surface area contributed by atoms with Crippen LogP contribution in [0, 0.1) is 11.8 Å². The number of fused-ring (bicyclic) bond motifs is 2. The van der Waals surface area contributed by atoms with E-state index >= 15 is 0 Å². The van der Waals surface area contributed by atoms with Crippen molar-refractivity contribution in [2.75, 3.05) is 24.6 Å². The summed E-state index contributed by atoms with van der Waals surface area (Å²) in [5.74, 6) is -3.53. The number of amides is 2. The Kier molecular flexibility index (Phi) is 7.05. The lowest BCUT2D eigenvalue weighted by molar-refractivity contribution is -0.154. The van der Waals surface area contributed by atoms with Gasteiger partial charge in [0.2, 0.25) is 5.91 Å². The van der Waals surface area contributed by atoms with E-state index in [1.807, 2.05) is 42.5 Å². The van der Waals surface area contributed by atoms with E-state index in [-0.39, 0.29) is 25.0 Å². The van der Waals surface area contributed by atoms with Crippen molar-refractivity contribution in [2.24, 2.45) is 11.8 Å². The Hall–Kier alpha value is -3.23. The van der Waals surface area contributed by atoms with Crippen LogP contribution in [0.5, 0.6) is 0 Å². The highest BCUT2D eigenvalue weighted by Gasteiger charge is 2.78. The van der Waals surface area contributed by atoms with E-state index in [4.69, 9.17) is 9.84 Å². The van der Waals surface area contributed by atoms with E-state index in [1.165, 1.54) is 0 Å². The first-order chi connectivity index (χ1) is 18.3. The zero-order valence-corrected chi connectivity index (χ0v) is 21.8. The number of carboxylic acids is 1. The molecule has 2 N–H and O–H groups in total. The molecule has 5 rings (SSSR count). The third kappa shape index (κ3) is 4.10. The normalized spacial score (nSPS) is 29.6. The van der Waals surface area contributed by atoms with Gasteiger partial charge in [-0.25, -0.2) is 0 Å². The van der Waals surface area contributed by atoms with Gasteiger partial charge in [-0.3, -0.25) is 14.4 Å². The van der Waals surface area contributed by atoms with Gasteiger partial charge >= 0.3 is 5.97 Å². The maximum Gasteiger partial charge on any atom is 0.310 e. The van der Waals surface area contributed by atoms with Gasteiger partial charge in [0.1, 0.15) is 11.6 Å². The summed E-state index contributed by atoms with van der Waals surface area (Å²) in [6, 6.07) is 12.8. The second kappa shape index (κ2) is 10.2. The average molecular weight is 521 g/mol. The molecule has 0 saturated carbocycles. The van der Waals surface area contributed by atoms with Crippen molar-refractivity contribution >= 4 is 34.2 Å². The number of carbonyl (C=O) groups is 3. The number of hydrogen-bond donors (Lipinski definition) is 2. The van der Waals surface area contributed by atoms with E-state index in [0.29, 0.717) is 37.9 Å². The zero-order valence-electron chi connectivity index (χ0n) is 21.8. The molecule has 3 heterocycles. The smallest absolute Gasteiger partial charge is 0.310 e. The molecule has 5 atom stereocenters. The van der Waals surface area contributed by atoms with Gasteiger partial charge in [-0.2, -0.15) is 0 Å². The largest absolute Gasteiger partial charge is 0.481 e. The highest BCUT2D eigenvalue weighted by molar-refractivity contribution is 6.05. The van der Waals surface area contributed by atoms with Gasteiger partial charge in [0.05, 0.1) is 17.4 Å². The summed E-state index contributed by atoms with van der Waals surface area (Å²) in [7, 11) is 0. The van der Waals surface area contributed by atoms with Gasteiger partial charge in [-0.05, 0) is 55.5 Å². The van der Waals surface area contributed by atoms with E-state index in [1.54, 1.807) is 22.8 Å². The predicted octanol–water partition coefficient (Wildman–Crippen LogP) is 3.76. The maximum atomic E-state index is 14.5. The van der Waals surface area contributed by atoms with E-state index in [2.05, 4.69) is 6.58 Å². The summed E-state index contributed by atoms with van der Waals surface area (Å²) in [6.45, 7) is 6.32. The third-order valence-electron chi connectivity index (χ3n) is 8.71. The number of ether oxygens (including phenoxy) is 1. The number of nitrogens with zero attached hydrogens (tertiary/aromatic N) is 2. The van der Waals surface area contributed by atoms with Gasteiger partial charge < -0.3 is 24.7 Å². The molecule has 8 nitrogen and oxygen atoms in total. The van der Waals surface area contributed by atoms with Crippen LogP contribution in [0.4, 0.5) is 5.69 Å². The number of carbonyl (C=O) groups excluding carboxylic acids is 2. The standard InChI is InChI=1S/C30H36N2O6/c1-3-16-31(22-13-12-20-10-6-7-11-21(20)19-22)27(35)25-30-15-14-29(2,38-30)24(28(36)37)23(30)26(34)32(25)17-8-4-5-9-18-33/h3,6-7,10-13,19,23-25,33H,1,4-5,8-9,14-18H2,2H3,(H,36,37)/t23-,24-,25?,29+,30?/m0/s1. The van der Waals surface area contributed by atoms with Crippen molar-refractivity contribution in [3.63, 3.8) is 0 Å². The van der Waals surface area contributed by atoms with Gasteiger partial charge in [-0.15, -0.1) is 6.58 Å². The van der Waals surface area contributed by atoms with Crippen LogP contribution in [-0.4, -0.2) is 69.8 Å². The molecule has 0 radical (unpaired) electrons. The van der Waals surface area contributed by atoms with Crippen LogP contribution in [0.2, 0.25) is 0 Å². The number of unbranched alkanes of at least 4 members (excludes halogenated alkanes) is 3. The van der Waals surface area contributed by atoms with Gasteiger partial charge in [0.25, 0.3) is 5.91 Å². The van der Waals surface area contributed by atoms with Crippen LogP contribution in [0.15, 0.2) is 55.1 Å². The zero-order chi connectivity index (χ0) is 27.1. The minimum atomic E-state index is -1.17. The van der Waals surface area contributed by atoms with Crippen molar-refractivity contribution in [1.82, 2.24) is 4.90 Å². The molecule has 3 aliphatic heterocycles. The first-order valence-electron chi connectivity index (χ1n) is 13.5. The maximum absolute atomic E-state index is 14.5. The molecule has 1 spiro atoms. The van der Waals surface area contributed by atoms with Crippen molar-refractivity contribution in [3.8, 4) is 0 Å². The van der Waals surface area contributed by atoms with Crippen LogP contribution < -0.4 is 4.90 Å². The molecule has 2 aromatic rings. The Morgan fingerprint density at radius 3 is 2.58 bits per heavy atom. The molecule has 2 bridgehead atoms. The molecule has 2 aromatic carbocycles. The number of aliphatic carboxylic acids is 1. The number of benzene rings is 2. The monoisotopic (exact) mass is 520 g/mol. The fourth-order valence-corrected chi connectivity index (χ4v) is 7.01. The van der Waals surface area contributed by atoms with Crippen LogP contribution in [-0.2, 0) is 19.1 Å². The molecule has 202 valence electrons. The van der Waals surface area contributed by atoms with Crippen molar-refractivity contribution in [3.05, 3.63) is 55.1 Å². The molecule has 2 amide bonds. The van der Waals surface area contributed by atoms with Crippen molar-refractivity contribution in [2.45, 2.75) is 62.7 Å². The van der Waals surface area contributed by atoms with Crippen LogP contribution in [0.3, 0.4) is 0 Å². The summed E-state index contributed by atoms with van der Waals surface area (Å²) in [6.07, 6.45) is 5.56. The molecular weight excluding hydrogens is 484 g/mol. The summed E-state index contributed by atoms with van der Waals surface area (Å²) in [5, 5.41) is 21.3. The molecule has 3 saturated heterocycles. The predicted molar refractivity (Wildman–Crippen MR) is 144 cm³/mol. The lowest BCUT2D eigenvalue weighted by Crippen LogP contribution is -2.56. The number of rotatable bonds is 11. The van der Waals surface area contributed by atoms with Crippen LogP contribution >= 0.6 is 0 Å². The van der Waals surface area contributed by atoms with Crippen LogP contribution in [0.1, 0.15) is 45.4 Å². The van der Waals surface area contributed by atoms with Crippen molar-refractivity contribution < 1.29 is 29.3 Å². The van der Waals surface area contributed by atoms with Crippen molar-refractivity contribution in [1.29, 1.82) is 0 Å². The van der Waals surface area contributed by atoms with Gasteiger partial charge in [0, 0.05) is 25.4 Å². The highest BCUT2D eigenvalue weighted by atomic mass is 16.5. The summed E-state index contributed by atoms with van der Waals surface area (Å²) < 4.78 is 6.51. The Morgan fingerprint density at radius 2 is 1.87 bits per heavy atom. The number of aliphatic hydroxyl groups is 1. The summed E-state index contributed by atoms with van der Waals surface area (Å²) >= 11 is 0. The topological polar surface area (TPSA) is 107 Å². The molecule has 2 unspecified atom stereocenters. The van der Waals surface area contributed by atoms with Gasteiger partial charge in [0.15, 0.2) is 0 Å². The first-order valence-corrected chi connectivity index (χ1v) is 13.5. The number of hydrogen-bond acceptors (Lipinski definition) is 5.